The Morgan fingerprint density at radius 3 is 2.55 bits per heavy atom. The Morgan fingerprint density at radius 1 is 1.15 bits per heavy atom. The summed E-state index contributed by atoms with van der Waals surface area (Å²) >= 11 is 3.46. The summed E-state index contributed by atoms with van der Waals surface area (Å²) in [6.45, 7) is 2.54. The third kappa shape index (κ3) is 3.14. The smallest absolute Gasteiger partial charge is 0.133 e. The number of halogens is 1. The maximum atomic E-state index is 10.5. The molecule has 0 radical (unpaired) electrons. The van der Waals surface area contributed by atoms with Crippen molar-refractivity contribution in [3.8, 4) is 11.5 Å². The topological polar surface area (TPSA) is 38.7 Å². The molecule has 1 atom stereocenters. The van der Waals surface area contributed by atoms with E-state index >= 15 is 0 Å². The lowest BCUT2D eigenvalue weighted by atomic mass is 10.0. The standard InChI is InChI=1S/C16H17BrO3/c1-3-20-15-9-8-11(10-13(15)17)16(18)12-6-4-5-7-14(12)19-2/h4-10,16,18H,3H2,1-2H3. The molecule has 0 bridgehead atoms. The summed E-state index contributed by atoms with van der Waals surface area (Å²) in [5.74, 6) is 1.44. The highest BCUT2D eigenvalue weighted by molar-refractivity contribution is 9.10. The van der Waals surface area contributed by atoms with Crippen LogP contribution in [0.1, 0.15) is 24.2 Å². The number of aliphatic hydroxyl groups excluding tert-OH is 1. The minimum Gasteiger partial charge on any atom is -0.496 e. The maximum absolute atomic E-state index is 10.5. The van der Waals surface area contributed by atoms with Gasteiger partial charge in [-0.2, -0.15) is 0 Å². The number of aliphatic hydroxyl groups is 1. The van der Waals surface area contributed by atoms with Crippen molar-refractivity contribution >= 4 is 15.9 Å². The summed E-state index contributed by atoms with van der Waals surface area (Å²) in [7, 11) is 1.60. The van der Waals surface area contributed by atoms with Crippen LogP contribution in [-0.4, -0.2) is 18.8 Å². The molecule has 0 spiro atoms. The Kier molecular flexibility index (Phi) is 5.04. The molecule has 0 aliphatic rings. The molecule has 0 saturated heterocycles. The molecule has 0 amide bonds. The number of methoxy groups -OCH3 is 1. The monoisotopic (exact) mass is 336 g/mol. The zero-order chi connectivity index (χ0) is 14.5. The molecule has 0 fully saturated rings. The first-order valence-corrected chi connectivity index (χ1v) is 7.20. The molecule has 2 aromatic rings. The Hall–Kier alpha value is -1.52. The highest BCUT2D eigenvalue weighted by atomic mass is 79.9. The number of para-hydroxylation sites is 1. The molecule has 2 aromatic carbocycles. The minimum absolute atomic E-state index is 0.604. The Balaban J connectivity index is 2.33. The molecule has 0 heterocycles. The van der Waals surface area contributed by atoms with Crippen molar-refractivity contribution in [2.45, 2.75) is 13.0 Å². The summed E-state index contributed by atoms with van der Waals surface area (Å²) in [5.41, 5.74) is 1.52. The summed E-state index contributed by atoms with van der Waals surface area (Å²) in [5, 5.41) is 10.5. The van der Waals surface area contributed by atoms with Gasteiger partial charge in [0.25, 0.3) is 0 Å². The zero-order valence-corrected chi connectivity index (χ0v) is 13.1. The number of benzene rings is 2. The fraction of sp³-hybridized carbons (Fsp3) is 0.250. The highest BCUT2D eigenvalue weighted by Gasteiger charge is 2.16. The lowest BCUT2D eigenvalue weighted by molar-refractivity contribution is 0.214. The minimum atomic E-state index is -0.738. The maximum Gasteiger partial charge on any atom is 0.133 e. The summed E-state index contributed by atoms with van der Waals surface area (Å²) < 4.78 is 11.6. The van der Waals surface area contributed by atoms with Gasteiger partial charge in [0.2, 0.25) is 0 Å². The van der Waals surface area contributed by atoms with E-state index in [1.165, 1.54) is 0 Å². The van der Waals surface area contributed by atoms with Gasteiger partial charge in [0.15, 0.2) is 0 Å². The van der Waals surface area contributed by atoms with E-state index in [-0.39, 0.29) is 0 Å². The molecule has 1 N–H and O–H groups in total. The van der Waals surface area contributed by atoms with E-state index in [1.807, 2.05) is 49.4 Å². The highest BCUT2D eigenvalue weighted by Crippen LogP contribution is 2.33. The van der Waals surface area contributed by atoms with Gasteiger partial charge in [0.1, 0.15) is 17.6 Å². The zero-order valence-electron chi connectivity index (χ0n) is 11.5. The molecule has 0 aliphatic heterocycles. The first kappa shape index (κ1) is 14.9. The number of hydrogen-bond donors (Lipinski definition) is 1. The molecule has 106 valence electrons. The van der Waals surface area contributed by atoms with Crippen LogP contribution in [0.2, 0.25) is 0 Å². The second-order valence-corrected chi connectivity index (χ2v) is 5.12. The van der Waals surface area contributed by atoms with Crippen LogP contribution in [0, 0.1) is 0 Å². The molecule has 20 heavy (non-hydrogen) atoms. The van der Waals surface area contributed by atoms with E-state index < -0.39 is 6.10 Å². The SMILES string of the molecule is CCOc1ccc(C(O)c2ccccc2OC)cc1Br. The van der Waals surface area contributed by atoms with Gasteiger partial charge in [-0.25, -0.2) is 0 Å². The van der Waals surface area contributed by atoms with E-state index in [4.69, 9.17) is 9.47 Å². The van der Waals surface area contributed by atoms with Gasteiger partial charge < -0.3 is 14.6 Å². The Labute approximate surface area is 127 Å². The van der Waals surface area contributed by atoms with E-state index in [0.717, 1.165) is 21.3 Å². The fourth-order valence-corrected chi connectivity index (χ4v) is 2.54. The molecular formula is C16H17BrO3. The van der Waals surface area contributed by atoms with E-state index in [1.54, 1.807) is 7.11 Å². The third-order valence-corrected chi connectivity index (χ3v) is 3.62. The van der Waals surface area contributed by atoms with Crippen LogP contribution in [0.4, 0.5) is 0 Å². The van der Waals surface area contributed by atoms with Gasteiger partial charge in [-0.15, -0.1) is 0 Å². The quantitative estimate of drug-likeness (QED) is 0.898. The Bertz CT molecular complexity index is 584. The van der Waals surface area contributed by atoms with Crippen LogP contribution in [-0.2, 0) is 0 Å². The molecular weight excluding hydrogens is 320 g/mol. The van der Waals surface area contributed by atoms with Crippen molar-refractivity contribution in [2.75, 3.05) is 13.7 Å². The van der Waals surface area contributed by atoms with Crippen molar-refractivity contribution in [3.05, 3.63) is 58.1 Å². The molecule has 0 saturated carbocycles. The molecule has 0 aromatic heterocycles. The average Bonchev–Trinajstić information content (AvgIpc) is 2.48. The average molecular weight is 337 g/mol. The van der Waals surface area contributed by atoms with Crippen LogP contribution in [0.15, 0.2) is 46.9 Å². The van der Waals surface area contributed by atoms with Crippen LogP contribution in [0.25, 0.3) is 0 Å². The molecule has 1 unspecified atom stereocenters. The summed E-state index contributed by atoms with van der Waals surface area (Å²) in [4.78, 5) is 0. The van der Waals surface area contributed by atoms with Gasteiger partial charge >= 0.3 is 0 Å². The Morgan fingerprint density at radius 2 is 1.90 bits per heavy atom. The van der Waals surface area contributed by atoms with Crippen molar-refractivity contribution in [3.63, 3.8) is 0 Å². The van der Waals surface area contributed by atoms with Crippen LogP contribution < -0.4 is 9.47 Å². The van der Waals surface area contributed by atoms with Gasteiger partial charge in [-0.3, -0.25) is 0 Å². The van der Waals surface area contributed by atoms with Crippen LogP contribution in [0.3, 0.4) is 0 Å². The predicted octanol–water partition coefficient (Wildman–Crippen LogP) is 3.94. The lowest BCUT2D eigenvalue weighted by Crippen LogP contribution is -2.03. The normalized spacial score (nSPS) is 12.0. The van der Waals surface area contributed by atoms with Crippen molar-refractivity contribution in [1.82, 2.24) is 0 Å². The number of hydrogen-bond acceptors (Lipinski definition) is 3. The van der Waals surface area contributed by atoms with Crippen molar-refractivity contribution in [2.24, 2.45) is 0 Å². The number of ether oxygens (including phenoxy) is 2. The predicted molar refractivity (Wildman–Crippen MR) is 82.4 cm³/mol. The second kappa shape index (κ2) is 6.77. The molecule has 0 aliphatic carbocycles. The molecule has 2 rings (SSSR count). The van der Waals surface area contributed by atoms with Crippen LogP contribution in [0.5, 0.6) is 11.5 Å². The first-order chi connectivity index (χ1) is 9.67. The third-order valence-electron chi connectivity index (χ3n) is 3.01. The largest absolute Gasteiger partial charge is 0.496 e. The van der Waals surface area contributed by atoms with E-state index in [0.29, 0.717) is 12.4 Å². The van der Waals surface area contributed by atoms with Crippen molar-refractivity contribution in [1.29, 1.82) is 0 Å². The first-order valence-electron chi connectivity index (χ1n) is 6.40. The second-order valence-electron chi connectivity index (χ2n) is 4.27. The summed E-state index contributed by atoms with van der Waals surface area (Å²) in [6.07, 6.45) is -0.738. The van der Waals surface area contributed by atoms with Crippen LogP contribution >= 0.6 is 15.9 Å². The van der Waals surface area contributed by atoms with Gasteiger partial charge in [0, 0.05) is 5.56 Å². The van der Waals surface area contributed by atoms with Gasteiger partial charge in [-0.05, 0) is 46.6 Å². The fourth-order valence-electron chi connectivity index (χ4n) is 2.03. The lowest BCUT2D eigenvalue weighted by Gasteiger charge is -2.16. The van der Waals surface area contributed by atoms with E-state index in [9.17, 15) is 5.11 Å². The molecule has 3 nitrogen and oxygen atoms in total. The van der Waals surface area contributed by atoms with Gasteiger partial charge in [-0.1, -0.05) is 24.3 Å². The molecule has 4 heteroatoms. The summed E-state index contributed by atoms with van der Waals surface area (Å²) in [6, 6.07) is 13.0. The van der Waals surface area contributed by atoms with Crippen molar-refractivity contribution < 1.29 is 14.6 Å². The van der Waals surface area contributed by atoms with Gasteiger partial charge in [0.05, 0.1) is 18.2 Å². The van der Waals surface area contributed by atoms with E-state index in [2.05, 4.69) is 15.9 Å². The number of rotatable bonds is 5.